The number of aromatic hydroxyl groups is 1. The lowest BCUT2D eigenvalue weighted by Crippen LogP contribution is -2.15. The van der Waals surface area contributed by atoms with Gasteiger partial charge in [0.05, 0.1) is 39.9 Å². The van der Waals surface area contributed by atoms with Crippen molar-refractivity contribution >= 4 is 88.0 Å². The van der Waals surface area contributed by atoms with E-state index in [4.69, 9.17) is 21.4 Å². The third-order valence-corrected chi connectivity index (χ3v) is 9.02. The van der Waals surface area contributed by atoms with E-state index in [9.17, 15) is 34.9 Å². The number of fused-ring (bicyclic) bond motifs is 1. The van der Waals surface area contributed by atoms with Gasteiger partial charge in [-0.25, -0.2) is 17.9 Å². The fraction of sp³-hybridized carbons (Fsp3) is 0.0952. The largest absolute Gasteiger partial charge is 0.507 e. The minimum atomic E-state index is -4.83. The number of hydrogen-bond acceptors (Lipinski definition) is 17. The van der Waals surface area contributed by atoms with Crippen LogP contribution in [0.1, 0.15) is 0 Å². The van der Waals surface area contributed by atoms with E-state index in [1.165, 1.54) is 36.4 Å². The van der Waals surface area contributed by atoms with Crippen LogP contribution >= 0.6 is 23.6 Å². The van der Waals surface area contributed by atoms with Gasteiger partial charge in [-0.15, -0.1) is 4.33 Å². The lowest BCUT2D eigenvalue weighted by atomic mass is 10.1. The van der Waals surface area contributed by atoms with Crippen molar-refractivity contribution < 1.29 is 58.3 Å². The van der Waals surface area contributed by atoms with Gasteiger partial charge in [0.2, 0.25) is 17.2 Å². The molecule has 0 amide bonds. The van der Waals surface area contributed by atoms with Crippen molar-refractivity contribution in [1.29, 1.82) is 0 Å². The number of sulfone groups is 1. The molecule has 1 heterocycles. The number of nitrogens with one attached hydrogen (secondary N) is 2. The van der Waals surface area contributed by atoms with Crippen molar-refractivity contribution in [3.63, 3.8) is 0 Å². The maximum absolute atomic E-state index is 12.6. The number of anilines is 4. The first-order chi connectivity index (χ1) is 20.5. The monoisotopic (exact) mass is 711 g/mol. The van der Waals surface area contributed by atoms with Crippen LogP contribution in [0.4, 0.5) is 23.3 Å². The van der Waals surface area contributed by atoms with Crippen LogP contribution in [0.15, 0.2) is 63.2 Å². The van der Waals surface area contributed by atoms with Crippen molar-refractivity contribution in [1.82, 2.24) is 15.0 Å². The van der Waals surface area contributed by atoms with E-state index in [1.54, 1.807) is 0 Å². The molecular weight excluding hydrogens is 694 g/mol. The summed E-state index contributed by atoms with van der Waals surface area (Å²) in [7, 11) is -13.6. The highest BCUT2D eigenvalue weighted by Crippen LogP contribution is 2.39. The normalized spacial score (nSPS) is 12.4. The summed E-state index contributed by atoms with van der Waals surface area (Å²) in [5, 5.41) is 27.8. The predicted octanol–water partition coefficient (Wildman–Crippen LogP) is 3.14. The molecule has 18 nitrogen and oxygen atoms in total. The van der Waals surface area contributed by atoms with Crippen molar-refractivity contribution in [3.05, 3.63) is 53.8 Å². The Balaban J connectivity index is 1.66. The van der Waals surface area contributed by atoms with E-state index in [1.807, 2.05) is 0 Å². The Hall–Kier alpha value is -3.42. The number of rotatable bonds is 13. The van der Waals surface area contributed by atoms with Crippen molar-refractivity contribution in [2.45, 2.75) is 14.7 Å². The molecule has 0 aliphatic heterocycles. The Morgan fingerprint density at radius 3 is 2.25 bits per heavy atom. The molecule has 0 atom stereocenters. The first-order valence-corrected chi connectivity index (χ1v) is 16.9. The molecule has 0 saturated carbocycles. The zero-order valence-electron chi connectivity index (χ0n) is 21.3. The zero-order chi connectivity index (χ0) is 32.3. The summed E-state index contributed by atoms with van der Waals surface area (Å²) in [4.78, 5) is 11.3. The van der Waals surface area contributed by atoms with Crippen LogP contribution in [0, 0.1) is 0 Å². The van der Waals surface area contributed by atoms with Crippen molar-refractivity contribution in [3.8, 4) is 5.75 Å². The second kappa shape index (κ2) is 13.3. The number of nitrogens with zero attached hydrogens (tertiary/aromatic N) is 3. The van der Waals surface area contributed by atoms with E-state index in [2.05, 4.69) is 39.1 Å². The molecule has 0 saturated heterocycles. The molecule has 4 rings (SSSR count). The van der Waals surface area contributed by atoms with Gasteiger partial charge >= 0.3 is 10.4 Å². The van der Waals surface area contributed by atoms with Crippen molar-refractivity contribution in [2.24, 2.45) is 0 Å². The molecule has 1 aromatic heterocycles. The van der Waals surface area contributed by atoms with E-state index < -0.39 is 53.4 Å². The maximum Gasteiger partial charge on any atom is 0.397 e. The number of phenolic OH excluding ortho intramolecular Hbond substituents is 1. The maximum atomic E-state index is 12.6. The van der Waals surface area contributed by atoms with Gasteiger partial charge in [0.1, 0.15) is 5.75 Å². The number of hydrogen-bond donors (Lipinski definition) is 6. The Morgan fingerprint density at radius 2 is 1.59 bits per heavy atom. The SMILES string of the molecule is O=S(=O)(O)OCCS(=O)(=O)c1cccc(Nc2nc(Cl)nc(Nc3cc(S(=O)(=O)O)cc4cc(SOOO)cc(O)c34)n2)c1. The molecule has 0 aliphatic carbocycles. The van der Waals surface area contributed by atoms with Crippen LogP contribution in [-0.4, -0.2) is 72.0 Å². The highest BCUT2D eigenvalue weighted by atomic mass is 35.5. The van der Waals surface area contributed by atoms with Gasteiger partial charge in [0.25, 0.3) is 10.1 Å². The Morgan fingerprint density at radius 1 is 0.886 bits per heavy atom. The van der Waals surface area contributed by atoms with Crippen molar-refractivity contribution in [2.75, 3.05) is 23.0 Å². The second-order valence-corrected chi connectivity index (χ2v) is 14.0. The molecule has 0 fully saturated rings. The predicted molar refractivity (Wildman–Crippen MR) is 153 cm³/mol. The standard InChI is InChI=1S/C21H18ClN5O13S4/c22-19-25-20(23-12-2-1-3-14(8-12)42(30,31)5-4-38-44(35,36)37)27-21(26-19)24-16-10-15(43(32,33)34)7-11-6-13(41-40-39-29)9-17(28)18(11)16/h1-3,6-10,28-29H,4-5H2,(H,32,33,34)(H,35,36,37)(H2,23,24,25,26,27). The molecule has 0 unspecified atom stereocenters. The summed E-state index contributed by atoms with van der Waals surface area (Å²) in [5.74, 6) is -1.65. The fourth-order valence-electron chi connectivity index (χ4n) is 3.63. The lowest BCUT2D eigenvalue weighted by Gasteiger charge is -2.14. The average Bonchev–Trinajstić information content (AvgIpc) is 2.90. The highest BCUT2D eigenvalue weighted by molar-refractivity contribution is 7.94. The van der Waals surface area contributed by atoms with E-state index in [-0.39, 0.29) is 49.1 Å². The average molecular weight is 712 g/mol. The summed E-state index contributed by atoms with van der Waals surface area (Å²) in [6, 6.07) is 9.81. The van der Waals surface area contributed by atoms with E-state index in [0.29, 0.717) is 12.0 Å². The molecule has 0 bridgehead atoms. The molecule has 0 radical (unpaired) electrons. The third-order valence-electron chi connectivity index (χ3n) is 5.32. The van der Waals surface area contributed by atoms with Gasteiger partial charge < -0.3 is 15.7 Å². The molecule has 44 heavy (non-hydrogen) atoms. The van der Waals surface area contributed by atoms with Gasteiger partial charge in [-0.2, -0.15) is 31.8 Å². The summed E-state index contributed by atoms with van der Waals surface area (Å²) < 4.78 is 97.2. The first kappa shape index (κ1) is 33.5. The highest BCUT2D eigenvalue weighted by Gasteiger charge is 2.20. The second-order valence-electron chi connectivity index (χ2n) is 8.31. The third kappa shape index (κ3) is 8.82. The summed E-state index contributed by atoms with van der Waals surface area (Å²) >= 11 is 6.53. The van der Waals surface area contributed by atoms with Crippen LogP contribution in [0.25, 0.3) is 10.8 Å². The quantitative estimate of drug-likeness (QED) is 0.0503. The van der Waals surface area contributed by atoms with Gasteiger partial charge in [-0.3, -0.25) is 9.11 Å². The van der Waals surface area contributed by atoms with Gasteiger partial charge in [-0.05, 0) is 59.5 Å². The molecule has 4 aromatic rings. The smallest absolute Gasteiger partial charge is 0.397 e. The van der Waals surface area contributed by atoms with Crippen LogP contribution in [0.5, 0.6) is 5.75 Å². The van der Waals surface area contributed by atoms with Crippen LogP contribution in [0.3, 0.4) is 0 Å². The molecule has 6 N–H and O–H groups in total. The molecule has 0 aliphatic rings. The van der Waals surface area contributed by atoms with Gasteiger partial charge in [0.15, 0.2) is 9.84 Å². The first-order valence-electron chi connectivity index (χ1n) is 11.4. The molecule has 0 spiro atoms. The Labute approximate surface area is 257 Å². The van der Waals surface area contributed by atoms with E-state index >= 15 is 0 Å². The minimum Gasteiger partial charge on any atom is -0.507 e. The number of benzene rings is 3. The zero-order valence-corrected chi connectivity index (χ0v) is 25.4. The van der Waals surface area contributed by atoms with E-state index in [0.717, 1.165) is 12.1 Å². The number of aromatic nitrogens is 3. The number of phenols is 1. The fourth-order valence-corrected chi connectivity index (χ4v) is 6.31. The van der Waals surface area contributed by atoms with Crippen LogP contribution < -0.4 is 10.6 Å². The van der Waals surface area contributed by atoms with Crippen LogP contribution in [0.2, 0.25) is 5.28 Å². The minimum absolute atomic E-state index is 0.0496. The lowest BCUT2D eigenvalue weighted by molar-refractivity contribution is -0.432. The summed E-state index contributed by atoms with van der Waals surface area (Å²) in [6.45, 7) is -0.828. The molecule has 23 heteroatoms. The summed E-state index contributed by atoms with van der Waals surface area (Å²) in [5.41, 5.74) is 0.0440. The summed E-state index contributed by atoms with van der Waals surface area (Å²) in [6.07, 6.45) is 0. The van der Waals surface area contributed by atoms with Gasteiger partial charge in [0, 0.05) is 16.0 Å². The Kier molecular flexibility index (Phi) is 10.1. The van der Waals surface area contributed by atoms with Crippen LogP contribution in [-0.2, 0) is 43.9 Å². The number of halogens is 1. The molecular formula is C21H18ClN5O13S4. The molecule has 3 aromatic carbocycles. The topological polar surface area (TPSA) is 274 Å². The Bertz CT molecular complexity index is 2050. The van der Waals surface area contributed by atoms with Gasteiger partial charge in [-0.1, -0.05) is 11.1 Å². The molecule has 236 valence electrons.